The van der Waals surface area contributed by atoms with Crippen molar-refractivity contribution >= 4 is 22.4 Å². The molecule has 3 saturated heterocycles. The van der Waals surface area contributed by atoms with E-state index in [0.29, 0.717) is 0 Å². The third kappa shape index (κ3) is 2.18. The van der Waals surface area contributed by atoms with Crippen LogP contribution in [0.15, 0.2) is 0 Å². The molecule has 0 aromatic heterocycles. The van der Waals surface area contributed by atoms with E-state index in [0.717, 1.165) is 0 Å². The Labute approximate surface area is 114 Å². The molecule has 4 unspecified atom stereocenters. The molecule has 0 amide bonds. The first-order valence-corrected chi connectivity index (χ1v) is 7.47. The van der Waals surface area contributed by atoms with Gasteiger partial charge >= 0.3 is 12.3 Å². The Balaban J connectivity index is 1.82. The summed E-state index contributed by atoms with van der Waals surface area (Å²) in [4.78, 5) is 22.4. The van der Waals surface area contributed by atoms with Crippen molar-refractivity contribution in [2.24, 2.45) is 5.92 Å². The van der Waals surface area contributed by atoms with E-state index in [1.165, 1.54) is 6.92 Å². The van der Waals surface area contributed by atoms with Crippen LogP contribution in [0.2, 0.25) is 0 Å². The zero-order valence-electron chi connectivity index (χ0n) is 10.4. The number of hydrogen-bond acceptors (Lipinski definition) is 9. The summed E-state index contributed by atoms with van der Waals surface area (Å²) < 4.78 is 47.1. The lowest BCUT2D eigenvalue weighted by molar-refractivity contribution is -0.0543. The number of hydrogen-bond donors (Lipinski definition) is 0. The average molecular weight is 308 g/mol. The first-order chi connectivity index (χ1) is 9.29. The van der Waals surface area contributed by atoms with Crippen LogP contribution < -0.4 is 0 Å². The lowest BCUT2D eigenvalue weighted by atomic mass is 9.89. The molecule has 0 aliphatic carbocycles. The van der Waals surface area contributed by atoms with Crippen LogP contribution in [0.3, 0.4) is 0 Å². The second-order valence-electron chi connectivity index (χ2n) is 5.09. The van der Waals surface area contributed by atoms with Gasteiger partial charge in [-0.2, -0.15) is 8.42 Å². The number of carbonyl (C=O) groups is 2. The van der Waals surface area contributed by atoms with Crippen molar-refractivity contribution < 1.29 is 41.1 Å². The number of carbonyl (C=O) groups excluding carboxylic acids is 2. The maximum atomic E-state index is 11.3. The van der Waals surface area contributed by atoms with Crippen molar-refractivity contribution in [1.82, 2.24) is 0 Å². The molecular formula is C10H12O9S. The van der Waals surface area contributed by atoms with Crippen LogP contribution in [0, 0.1) is 5.92 Å². The zero-order valence-corrected chi connectivity index (χ0v) is 11.3. The second kappa shape index (κ2) is 4.22. The molecule has 0 bridgehead atoms. The van der Waals surface area contributed by atoms with Crippen molar-refractivity contribution in [2.45, 2.75) is 24.7 Å². The monoisotopic (exact) mass is 308 g/mol. The fourth-order valence-electron chi connectivity index (χ4n) is 2.52. The van der Waals surface area contributed by atoms with Crippen molar-refractivity contribution in [1.29, 1.82) is 0 Å². The van der Waals surface area contributed by atoms with Gasteiger partial charge in [0.1, 0.15) is 6.61 Å². The van der Waals surface area contributed by atoms with Crippen molar-refractivity contribution in [3.05, 3.63) is 0 Å². The molecule has 0 N–H and O–H groups in total. The Morgan fingerprint density at radius 3 is 2.50 bits per heavy atom. The quantitative estimate of drug-likeness (QED) is 0.505. The van der Waals surface area contributed by atoms with Gasteiger partial charge in [0.05, 0.1) is 12.4 Å². The lowest BCUT2D eigenvalue weighted by Gasteiger charge is -2.29. The van der Waals surface area contributed by atoms with Gasteiger partial charge in [0.2, 0.25) is 0 Å². The van der Waals surface area contributed by atoms with Crippen LogP contribution in [-0.4, -0.2) is 57.5 Å². The Morgan fingerprint density at radius 2 is 1.95 bits per heavy atom. The van der Waals surface area contributed by atoms with Crippen molar-refractivity contribution in [2.75, 3.05) is 19.0 Å². The number of cyclic esters (lactones) is 4. The smallest absolute Gasteiger partial charge is 0.430 e. The van der Waals surface area contributed by atoms with E-state index in [1.54, 1.807) is 0 Å². The van der Waals surface area contributed by atoms with E-state index in [2.05, 4.69) is 4.18 Å². The molecule has 3 rings (SSSR count). The molecule has 0 radical (unpaired) electrons. The van der Waals surface area contributed by atoms with E-state index in [4.69, 9.17) is 18.9 Å². The maximum Gasteiger partial charge on any atom is 0.509 e. The van der Waals surface area contributed by atoms with Gasteiger partial charge in [-0.25, -0.2) is 9.59 Å². The van der Waals surface area contributed by atoms with Crippen LogP contribution in [0.25, 0.3) is 0 Å². The van der Waals surface area contributed by atoms with Crippen LogP contribution in [-0.2, 0) is 33.2 Å². The molecule has 4 atom stereocenters. The standard InChI is InChI=1S/C10H12O9S/c1-10(4-15-8(11)19-10)7-6(17-9(12)18-7)5-2-16-20(13,14)3-5/h5-7H,2-4H2,1H3. The Hall–Kier alpha value is -1.55. The molecule has 0 saturated carbocycles. The molecule has 0 aromatic rings. The summed E-state index contributed by atoms with van der Waals surface area (Å²) in [6.45, 7) is 1.32. The Bertz CT molecular complexity index is 555. The molecule has 3 aliphatic rings. The van der Waals surface area contributed by atoms with Gasteiger partial charge in [0.15, 0.2) is 17.8 Å². The lowest BCUT2D eigenvalue weighted by Crippen LogP contribution is -2.50. The number of ether oxygens (including phenoxy) is 4. The summed E-state index contributed by atoms with van der Waals surface area (Å²) in [5.74, 6) is -0.858. The first kappa shape index (κ1) is 13.4. The summed E-state index contributed by atoms with van der Waals surface area (Å²) in [6, 6.07) is 0. The van der Waals surface area contributed by atoms with Crippen LogP contribution in [0.4, 0.5) is 9.59 Å². The molecule has 0 aromatic carbocycles. The minimum absolute atomic E-state index is 0.106. The van der Waals surface area contributed by atoms with Gasteiger partial charge in [0.25, 0.3) is 10.1 Å². The topological polar surface area (TPSA) is 114 Å². The van der Waals surface area contributed by atoms with Crippen molar-refractivity contribution in [3.63, 3.8) is 0 Å². The van der Waals surface area contributed by atoms with Crippen LogP contribution >= 0.6 is 0 Å². The number of rotatable bonds is 2. The van der Waals surface area contributed by atoms with E-state index in [9.17, 15) is 18.0 Å². The highest BCUT2D eigenvalue weighted by atomic mass is 32.2. The first-order valence-electron chi connectivity index (χ1n) is 5.89. The highest BCUT2D eigenvalue weighted by Gasteiger charge is 2.58. The van der Waals surface area contributed by atoms with Gasteiger partial charge in [-0.3, -0.25) is 4.18 Å². The van der Waals surface area contributed by atoms with Gasteiger partial charge in [-0.15, -0.1) is 0 Å². The Morgan fingerprint density at radius 1 is 1.20 bits per heavy atom. The molecule has 20 heavy (non-hydrogen) atoms. The zero-order chi connectivity index (χ0) is 14.5. The van der Waals surface area contributed by atoms with Gasteiger partial charge < -0.3 is 18.9 Å². The van der Waals surface area contributed by atoms with Gasteiger partial charge in [-0.05, 0) is 6.92 Å². The minimum Gasteiger partial charge on any atom is -0.430 e. The molecule has 3 aliphatic heterocycles. The highest BCUT2D eigenvalue weighted by molar-refractivity contribution is 7.86. The highest BCUT2D eigenvalue weighted by Crippen LogP contribution is 2.37. The SMILES string of the molecule is CC1(C2OC(=O)OC2C2COS(=O)(=O)C2)COC(=O)O1. The molecule has 3 fully saturated rings. The predicted molar refractivity (Wildman–Crippen MR) is 59.2 cm³/mol. The van der Waals surface area contributed by atoms with Crippen LogP contribution in [0.1, 0.15) is 6.92 Å². The molecular weight excluding hydrogens is 296 g/mol. The summed E-state index contributed by atoms with van der Waals surface area (Å²) in [5, 5.41) is 0. The second-order valence-corrected chi connectivity index (χ2v) is 6.78. The Kier molecular flexibility index (Phi) is 2.83. The maximum absolute atomic E-state index is 11.3. The third-order valence-corrected chi connectivity index (χ3v) is 4.82. The normalized spacial score (nSPS) is 42.8. The van der Waals surface area contributed by atoms with Gasteiger partial charge in [-0.1, -0.05) is 0 Å². The van der Waals surface area contributed by atoms with E-state index < -0.39 is 46.2 Å². The molecule has 112 valence electrons. The van der Waals surface area contributed by atoms with E-state index >= 15 is 0 Å². The van der Waals surface area contributed by atoms with Crippen molar-refractivity contribution in [3.8, 4) is 0 Å². The third-order valence-electron chi connectivity index (χ3n) is 3.49. The summed E-state index contributed by atoms with van der Waals surface area (Å²) in [7, 11) is -3.61. The largest absolute Gasteiger partial charge is 0.509 e. The predicted octanol–water partition coefficient (Wildman–Crippen LogP) is -0.208. The van der Waals surface area contributed by atoms with E-state index in [1.807, 2.05) is 0 Å². The summed E-state index contributed by atoms with van der Waals surface area (Å²) in [6.07, 6.45) is -3.62. The van der Waals surface area contributed by atoms with Crippen LogP contribution in [0.5, 0.6) is 0 Å². The molecule has 0 spiro atoms. The van der Waals surface area contributed by atoms with Gasteiger partial charge in [0, 0.05) is 5.92 Å². The fraction of sp³-hybridized carbons (Fsp3) is 0.800. The minimum atomic E-state index is -3.61. The molecule has 10 heteroatoms. The van der Waals surface area contributed by atoms with E-state index in [-0.39, 0.29) is 19.0 Å². The molecule has 3 heterocycles. The fourth-order valence-corrected chi connectivity index (χ4v) is 3.81. The summed E-state index contributed by atoms with van der Waals surface area (Å²) >= 11 is 0. The molecule has 9 nitrogen and oxygen atoms in total. The average Bonchev–Trinajstić information content (AvgIpc) is 2.98. The summed E-state index contributed by atoms with van der Waals surface area (Å²) in [5.41, 5.74) is -1.21.